The first-order valence-corrected chi connectivity index (χ1v) is 12.5. The monoisotopic (exact) mass is 558 g/mol. The van der Waals surface area contributed by atoms with E-state index in [1.807, 2.05) is 0 Å². The van der Waals surface area contributed by atoms with Crippen LogP contribution in [-0.2, 0) is 33.4 Å². The van der Waals surface area contributed by atoms with Gasteiger partial charge in [-0.15, -0.1) is 0 Å². The number of aliphatic carboxylic acids is 1. The Kier molecular flexibility index (Phi) is 17.5. The molecular weight excluding hydrogens is 524 g/mol. The minimum Gasteiger partial charge on any atom is -0.481 e. The lowest BCUT2D eigenvalue weighted by molar-refractivity contribution is -0.144. The number of nitrogens with two attached hydrogens (primary N) is 1. The number of amides is 3. The second kappa shape index (κ2) is 19.4. The van der Waals surface area contributed by atoms with E-state index in [4.69, 9.17) is 25.1 Å². The number of hydrogen-bond acceptors (Lipinski definition) is 11. The van der Waals surface area contributed by atoms with Gasteiger partial charge in [0, 0.05) is 19.1 Å². The van der Waals surface area contributed by atoms with Crippen LogP contribution < -0.4 is 21.4 Å². The van der Waals surface area contributed by atoms with Crippen LogP contribution in [0.25, 0.3) is 0 Å². The van der Waals surface area contributed by atoms with Gasteiger partial charge in [0.15, 0.2) is 0 Å². The molecule has 0 saturated heterocycles. The van der Waals surface area contributed by atoms with E-state index >= 15 is 0 Å². The minimum absolute atomic E-state index is 0.0215. The Balaban J connectivity index is 0.00000318. The number of hydroxylamine groups is 1. The Morgan fingerprint density at radius 1 is 1.00 bits per heavy atom. The fourth-order valence-corrected chi connectivity index (χ4v) is 3.26. The Hall–Kier alpha value is -3.69. The maximum absolute atomic E-state index is 12.6. The van der Waals surface area contributed by atoms with Crippen LogP contribution >= 0.6 is 11.8 Å². The molecule has 1 rings (SSSR count). The fourth-order valence-electron chi connectivity index (χ4n) is 2.48. The molecular formula is C23H34N4O10S. The summed E-state index contributed by atoms with van der Waals surface area (Å²) in [6.07, 6.45) is -0.113. The van der Waals surface area contributed by atoms with Crippen molar-refractivity contribution in [3.05, 3.63) is 30.3 Å². The molecule has 0 spiro atoms. The van der Waals surface area contributed by atoms with E-state index in [1.54, 1.807) is 32.0 Å². The topological polar surface area (TPSA) is 215 Å². The molecule has 212 valence electrons. The molecule has 0 aliphatic carbocycles. The van der Waals surface area contributed by atoms with Crippen molar-refractivity contribution in [2.75, 3.05) is 30.6 Å². The number of para-hydroxylation sites is 1. The van der Waals surface area contributed by atoms with E-state index < -0.39 is 53.6 Å². The summed E-state index contributed by atoms with van der Waals surface area (Å²) < 4.78 is 9.53. The van der Waals surface area contributed by atoms with Gasteiger partial charge in [-0.3, -0.25) is 34.0 Å². The number of hydrogen-bond donors (Lipinski definition) is 5. The number of esters is 2. The van der Waals surface area contributed by atoms with Gasteiger partial charge in [0.1, 0.15) is 12.6 Å². The molecule has 0 unspecified atom stereocenters. The smallest absolute Gasteiger partial charge is 0.325 e. The Morgan fingerprint density at radius 3 is 2.11 bits per heavy atom. The summed E-state index contributed by atoms with van der Waals surface area (Å²) in [5.74, 6) is -3.80. The number of benzene rings is 1. The van der Waals surface area contributed by atoms with Crippen LogP contribution in [0, 0.1) is 0 Å². The molecule has 14 nitrogen and oxygen atoms in total. The number of carboxylic acids is 1. The number of carbonyl (C=O) groups is 6. The molecule has 38 heavy (non-hydrogen) atoms. The zero-order valence-corrected chi connectivity index (χ0v) is 22.2. The average molecular weight is 559 g/mol. The van der Waals surface area contributed by atoms with Gasteiger partial charge in [-0.05, 0) is 32.4 Å². The molecule has 0 fully saturated rings. The lowest BCUT2D eigenvalue weighted by Crippen LogP contribution is -2.53. The third-order valence-electron chi connectivity index (χ3n) is 4.19. The van der Waals surface area contributed by atoms with Crippen molar-refractivity contribution in [2.24, 2.45) is 5.73 Å². The third-order valence-corrected chi connectivity index (χ3v) is 5.11. The molecule has 6 N–H and O–H groups in total. The quantitative estimate of drug-likeness (QED) is 0.128. The van der Waals surface area contributed by atoms with Crippen molar-refractivity contribution < 1.29 is 48.6 Å². The highest BCUT2D eigenvalue weighted by atomic mass is 32.2. The fraction of sp³-hybridized carbons (Fsp3) is 0.478. The van der Waals surface area contributed by atoms with Gasteiger partial charge in [-0.25, -0.2) is 0 Å². The molecule has 0 bridgehead atoms. The maximum Gasteiger partial charge on any atom is 0.325 e. The third kappa shape index (κ3) is 15.4. The van der Waals surface area contributed by atoms with Crippen LogP contribution in [-0.4, -0.2) is 82.9 Å². The summed E-state index contributed by atoms with van der Waals surface area (Å²) in [5.41, 5.74) is 6.02. The number of anilines is 1. The Labute approximate surface area is 224 Å². The predicted molar refractivity (Wildman–Crippen MR) is 137 cm³/mol. The van der Waals surface area contributed by atoms with Crippen molar-refractivity contribution in [1.29, 1.82) is 0 Å². The molecule has 0 aromatic heterocycles. The first kappa shape index (κ1) is 34.3. The first-order valence-electron chi connectivity index (χ1n) is 11.5. The SMILES string of the molecule is CC(=O)O.CCOC(=O)CC[C@H](N)C(=O)N[C@@H](CSC(=O)N(O)c1ccccc1)C(=O)NCC(=O)OCC. The summed E-state index contributed by atoms with van der Waals surface area (Å²) >= 11 is 0.569. The lowest BCUT2D eigenvalue weighted by Gasteiger charge is -2.21. The van der Waals surface area contributed by atoms with Gasteiger partial charge in [0.25, 0.3) is 5.97 Å². The van der Waals surface area contributed by atoms with Crippen molar-refractivity contribution in [1.82, 2.24) is 10.6 Å². The van der Waals surface area contributed by atoms with E-state index in [9.17, 15) is 29.2 Å². The molecule has 0 aliphatic heterocycles. The van der Waals surface area contributed by atoms with Gasteiger partial charge < -0.3 is 30.9 Å². The largest absolute Gasteiger partial charge is 0.481 e. The van der Waals surface area contributed by atoms with Crippen LogP contribution in [0.3, 0.4) is 0 Å². The van der Waals surface area contributed by atoms with Gasteiger partial charge in [0.05, 0.1) is 24.9 Å². The standard InChI is InChI=1S/C21H30N4O8S.C2H4O2/c1-3-32-17(26)11-10-15(22)19(28)24-16(20(29)23-12-18(27)33-4-2)13-34-21(30)25(31)14-8-6-5-7-9-14;1-2(3)4/h5-9,15-16,31H,3-4,10-13,22H2,1-2H3,(H,23,29)(H,24,28);1H3,(H,3,4)/t15-,16-;/m0./s1. The highest BCUT2D eigenvalue weighted by Gasteiger charge is 2.27. The zero-order chi connectivity index (χ0) is 29.1. The van der Waals surface area contributed by atoms with Crippen molar-refractivity contribution >= 4 is 52.4 Å². The molecule has 0 saturated carbocycles. The molecule has 2 atom stereocenters. The summed E-state index contributed by atoms with van der Waals surface area (Å²) in [6, 6.07) is 5.58. The molecule has 15 heteroatoms. The summed E-state index contributed by atoms with van der Waals surface area (Å²) in [4.78, 5) is 69.3. The number of carbonyl (C=O) groups excluding carboxylic acids is 5. The van der Waals surface area contributed by atoms with Crippen LogP contribution in [0.5, 0.6) is 0 Å². The van der Waals surface area contributed by atoms with Gasteiger partial charge >= 0.3 is 17.2 Å². The minimum atomic E-state index is -1.27. The number of nitrogens with zero attached hydrogens (tertiary/aromatic N) is 1. The predicted octanol–water partition coefficient (Wildman–Crippen LogP) is 0.661. The van der Waals surface area contributed by atoms with E-state index in [-0.39, 0.29) is 37.5 Å². The number of thioether (sulfide) groups is 1. The number of nitrogens with one attached hydrogen (secondary N) is 2. The van der Waals surface area contributed by atoms with Crippen molar-refractivity contribution in [3.63, 3.8) is 0 Å². The van der Waals surface area contributed by atoms with Gasteiger partial charge in [-0.1, -0.05) is 30.0 Å². The molecule has 0 aliphatic rings. The van der Waals surface area contributed by atoms with Crippen LogP contribution in [0.1, 0.15) is 33.6 Å². The van der Waals surface area contributed by atoms with Crippen LogP contribution in [0.4, 0.5) is 10.5 Å². The summed E-state index contributed by atoms with van der Waals surface area (Å²) in [7, 11) is 0. The Bertz CT molecular complexity index is 928. The van der Waals surface area contributed by atoms with Crippen LogP contribution in [0.15, 0.2) is 30.3 Å². The number of carboxylic acid groups (broad SMARTS) is 1. The molecule has 3 amide bonds. The highest BCUT2D eigenvalue weighted by Crippen LogP contribution is 2.17. The second-order valence-corrected chi connectivity index (χ2v) is 8.25. The number of ether oxygens (including phenoxy) is 2. The van der Waals surface area contributed by atoms with Gasteiger partial charge in [-0.2, -0.15) is 5.06 Å². The van der Waals surface area contributed by atoms with Crippen LogP contribution in [0.2, 0.25) is 0 Å². The zero-order valence-electron chi connectivity index (χ0n) is 21.4. The average Bonchev–Trinajstić information content (AvgIpc) is 2.87. The normalized spacial score (nSPS) is 11.5. The highest BCUT2D eigenvalue weighted by molar-refractivity contribution is 8.13. The molecule has 1 aromatic rings. The summed E-state index contributed by atoms with van der Waals surface area (Å²) in [6.45, 7) is 4.21. The Morgan fingerprint density at radius 2 is 1.55 bits per heavy atom. The maximum atomic E-state index is 12.6. The summed E-state index contributed by atoms with van der Waals surface area (Å²) in [5, 5.41) is 21.8. The number of rotatable bonds is 13. The first-order chi connectivity index (χ1) is 17.9. The van der Waals surface area contributed by atoms with E-state index in [0.717, 1.165) is 6.92 Å². The molecule has 1 aromatic carbocycles. The lowest BCUT2D eigenvalue weighted by atomic mass is 10.1. The molecule has 0 heterocycles. The van der Waals surface area contributed by atoms with Crippen molar-refractivity contribution in [2.45, 2.75) is 45.7 Å². The van der Waals surface area contributed by atoms with E-state index in [2.05, 4.69) is 10.6 Å². The van der Waals surface area contributed by atoms with E-state index in [1.165, 1.54) is 12.1 Å². The molecule has 0 radical (unpaired) electrons. The second-order valence-electron chi connectivity index (χ2n) is 7.28. The van der Waals surface area contributed by atoms with E-state index in [0.29, 0.717) is 16.8 Å². The van der Waals surface area contributed by atoms with Crippen molar-refractivity contribution in [3.8, 4) is 0 Å². The van der Waals surface area contributed by atoms with Gasteiger partial charge in [0.2, 0.25) is 11.8 Å².